The number of aliphatic imine (C=N–C) groups is 1. The van der Waals surface area contributed by atoms with Crippen molar-refractivity contribution >= 4 is 23.4 Å². The van der Waals surface area contributed by atoms with Crippen molar-refractivity contribution in [3.8, 4) is 0 Å². The van der Waals surface area contributed by atoms with Gasteiger partial charge in [0.15, 0.2) is 11.6 Å². The average molecular weight is 453 g/mol. The first kappa shape index (κ1) is 24.1. The standard InChI is InChI=1S/C27H40N4O2/c1-5-14-31(15-6-2)16-10-13-19-21-20(17-28-27(3,4)25(21)33)22-23(24(19)32)30-26(29-22)18-11-8-7-9-12-18/h17-19H,5-16H2,1-4H3,(H,29,30). The first-order chi connectivity index (χ1) is 15.9. The molecule has 1 N–H and O–H groups in total. The van der Waals surface area contributed by atoms with Gasteiger partial charge in [-0.15, -0.1) is 0 Å². The fraction of sp³-hybridized carbons (Fsp3) is 0.704. The maximum Gasteiger partial charge on any atom is 0.188 e. The van der Waals surface area contributed by atoms with Gasteiger partial charge in [-0.3, -0.25) is 14.6 Å². The SMILES string of the molecule is CCCN(CCC)CCCC1C(=O)c2[nH]c(C3CCCCC3)nc2C2=C1C(=O)C(C)(C)N=C2. The van der Waals surface area contributed by atoms with Crippen molar-refractivity contribution in [1.82, 2.24) is 14.9 Å². The zero-order valence-electron chi connectivity index (χ0n) is 20.9. The van der Waals surface area contributed by atoms with Gasteiger partial charge in [0.25, 0.3) is 0 Å². The van der Waals surface area contributed by atoms with E-state index in [-0.39, 0.29) is 11.6 Å². The van der Waals surface area contributed by atoms with E-state index in [4.69, 9.17) is 4.98 Å². The van der Waals surface area contributed by atoms with E-state index in [9.17, 15) is 9.59 Å². The molecule has 6 heteroatoms. The number of nitrogens with one attached hydrogen (secondary N) is 1. The van der Waals surface area contributed by atoms with Crippen LogP contribution in [0, 0.1) is 5.92 Å². The number of hydrogen-bond acceptors (Lipinski definition) is 5. The molecular weight excluding hydrogens is 412 g/mol. The van der Waals surface area contributed by atoms with E-state index in [1.807, 2.05) is 13.8 Å². The smallest absolute Gasteiger partial charge is 0.188 e. The number of fused-ring (bicyclic) bond motifs is 2. The predicted octanol–water partition coefficient (Wildman–Crippen LogP) is 5.36. The second-order valence-electron chi connectivity index (χ2n) is 10.6. The van der Waals surface area contributed by atoms with Gasteiger partial charge < -0.3 is 9.88 Å². The number of carbonyl (C=O) groups is 2. The summed E-state index contributed by atoms with van der Waals surface area (Å²) in [5, 5.41) is 0. The number of H-pyrrole nitrogens is 1. The van der Waals surface area contributed by atoms with E-state index in [0.29, 0.717) is 29.3 Å². The lowest BCUT2D eigenvalue weighted by molar-refractivity contribution is -0.119. The van der Waals surface area contributed by atoms with Crippen molar-refractivity contribution in [1.29, 1.82) is 0 Å². The zero-order chi connectivity index (χ0) is 23.6. The molecule has 0 saturated heterocycles. The van der Waals surface area contributed by atoms with Gasteiger partial charge in [0.2, 0.25) is 0 Å². The monoisotopic (exact) mass is 452 g/mol. The van der Waals surface area contributed by atoms with Crippen molar-refractivity contribution in [2.24, 2.45) is 10.9 Å². The molecule has 0 amide bonds. The zero-order valence-corrected chi connectivity index (χ0v) is 20.9. The number of ketones is 2. The molecule has 0 spiro atoms. The topological polar surface area (TPSA) is 78.4 Å². The number of hydrogen-bond donors (Lipinski definition) is 1. The Bertz CT molecular complexity index is 943. The van der Waals surface area contributed by atoms with E-state index in [0.717, 1.165) is 63.1 Å². The summed E-state index contributed by atoms with van der Waals surface area (Å²) in [5.74, 6) is 0.906. The fourth-order valence-corrected chi connectivity index (χ4v) is 5.74. The van der Waals surface area contributed by atoms with Crippen LogP contribution in [0.25, 0.3) is 5.57 Å². The molecule has 0 bridgehead atoms. The van der Waals surface area contributed by atoms with Gasteiger partial charge in [-0.25, -0.2) is 4.98 Å². The fourth-order valence-electron chi connectivity index (χ4n) is 5.74. The number of allylic oxidation sites excluding steroid dienone is 1. The van der Waals surface area contributed by atoms with Gasteiger partial charge in [-0.05, 0) is 72.0 Å². The number of imidazole rings is 1. The molecule has 3 aliphatic rings. The molecule has 1 atom stereocenters. The van der Waals surface area contributed by atoms with Gasteiger partial charge in [-0.2, -0.15) is 0 Å². The third kappa shape index (κ3) is 4.77. The summed E-state index contributed by atoms with van der Waals surface area (Å²) in [7, 11) is 0. The molecule has 1 saturated carbocycles. The summed E-state index contributed by atoms with van der Waals surface area (Å²) in [6.45, 7) is 11.2. The van der Waals surface area contributed by atoms with Crippen LogP contribution in [0.2, 0.25) is 0 Å². The maximum atomic E-state index is 13.7. The Labute approximate surface area is 198 Å². The molecule has 6 nitrogen and oxygen atoms in total. The average Bonchev–Trinajstić information content (AvgIpc) is 3.25. The molecule has 180 valence electrons. The lowest BCUT2D eigenvalue weighted by Gasteiger charge is -2.32. The predicted molar refractivity (Wildman–Crippen MR) is 133 cm³/mol. The highest BCUT2D eigenvalue weighted by Gasteiger charge is 2.45. The van der Waals surface area contributed by atoms with Gasteiger partial charge >= 0.3 is 0 Å². The Morgan fingerprint density at radius 2 is 1.76 bits per heavy atom. The van der Waals surface area contributed by atoms with Gasteiger partial charge in [-0.1, -0.05) is 33.1 Å². The summed E-state index contributed by atoms with van der Waals surface area (Å²) >= 11 is 0. The molecule has 0 aromatic carbocycles. The molecule has 1 fully saturated rings. The van der Waals surface area contributed by atoms with Crippen molar-refractivity contribution < 1.29 is 9.59 Å². The summed E-state index contributed by atoms with van der Waals surface area (Å²) < 4.78 is 0. The van der Waals surface area contributed by atoms with Crippen molar-refractivity contribution in [3.05, 3.63) is 22.8 Å². The van der Waals surface area contributed by atoms with E-state index in [1.165, 1.54) is 19.3 Å². The lowest BCUT2D eigenvalue weighted by atomic mass is 9.73. The van der Waals surface area contributed by atoms with Crippen LogP contribution in [0.15, 0.2) is 10.6 Å². The van der Waals surface area contributed by atoms with Gasteiger partial charge in [0, 0.05) is 23.3 Å². The van der Waals surface area contributed by atoms with Gasteiger partial charge in [0.1, 0.15) is 22.8 Å². The van der Waals surface area contributed by atoms with Crippen LogP contribution >= 0.6 is 0 Å². The minimum absolute atomic E-state index is 0.0230. The van der Waals surface area contributed by atoms with Crippen LogP contribution in [0.5, 0.6) is 0 Å². The Hall–Kier alpha value is -2.08. The molecule has 1 aromatic rings. The number of aromatic amines is 1. The second-order valence-corrected chi connectivity index (χ2v) is 10.6. The highest BCUT2D eigenvalue weighted by atomic mass is 16.1. The number of nitrogens with zero attached hydrogens (tertiary/aromatic N) is 3. The van der Waals surface area contributed by atoms with Crippen molar-refractivity contribution in [3.63, 3.8) is 0 Å². The molecule has 2 aliphatic carbocycles. The first-order valence-corrected chi connectivity index (χ1v) is 13.1. The third-order valence-corrected chi connectivity index (χ3v) is 7.53. The second kappa shape index (κ2) is 10.0. The van der Waals surface area contributed by atoms with Crippen molar-refractivity contribution in [2.75, 3.05) is 19.6 Å². The number of Topliss-reactive ketones (excluding diaryl/α,β-unsaturated/α-hetero) is 2. The van der Waals surface area contributed by atoms with Gasteiger partial charge in [0.05, 0.1) is 5.92 Å². The molecule has 2 heterocycles. The summed E-state index contributed by atoms with van der Waals surface area (Å²) in [6, 6.07) is 0. The number of rotatable bonds is 9. The van der Waals surface area contributed by atoms with Crippen LogP contribution < -0.4 is 0 Å². The quantitative estimate of drug-likeness (QED) is 0.547. The number of dihydropyridines is 1. The first-order valence-electron chi connectivity index (χ1n) is 13.1. The van der Waals surface area contributed by atoms with Crippen LogP contribution in [-0.2, 0) is 4.79 Å². The van der Waals surface area contributed by atoms with E-state index in [1.54, 1.807) is 6.21 Å². The Kier molecular flexibility index (Phi) is 7.32. The Balaban J connectivity index is 1.64. The molecule has 0 radical (unpaired) electrons. The minimum atomic E-state index is -0.826. The number of carbonyl (C=O) groups excluding carboxylic acids is 2. The molecule has 33 heavy (non-hydrogen) atoms. The van der Waals surface area contributed by atoms with Crippen LogP contribution in [0.1, 0.15) is 113 Å². The third-order valence-electron chi connectivity index (χ3n) is 7.53. The van der Waals surface area contributed by atoms with Crippen LogP contribution in [-0.4, -0.2) is 57.8 Å². The Morgan fingerprint density at radius 1 is 1.06 bits per heavy atom. The van der Waals surface area contributed by atoms with Crippen LogP contribution in [0.3, 0.4) is 0 Å². The highest BCUT2D eigenvalue weighted by Crippen LogP contribution is 2.42. The van der Waals surface area contributed by atoms with Crippen molar-refractivity contribution in [2.45, 2.75) is 96.9 Å². The molecule has 4 rings (SSSR count). The minimum Gasteiger partial charge on any atom is -0.339 e. The Morgan fingerprint density at radius 3 is 2.42 bits per heavy atom. The molecule has 1 unspecified atom stereocenters. The number of aromatic nitrogens is 2. The van der Waals surface area contributed by atoms with E-state index >= 15 is 0 Å². The lowest BCUT2D eigenvalue weighted by Crippen LogP contribution is -2.41. The summed E-state index contributed by atoms with van der Waals surface area (Å²) in [4.78, 5) is 42.6. The molecule has 1 aromatic heterocycles. The molecule has 1 aliphatic heterocycles. The normalized spacial score (nSPS) is 22.8. The van der Waals surface area contributed by atoms with E-state index in [2.05, 4.69) is 28.7 Å². The maximum absolute atomic E-state index is 13.7. The van der Waals surface area contributed by atoms with Crippen LogP contribution in [0.4, 0.5) is 0 Å². The summed E-state index contributed by atoms with van der Waals surface area (Å²) in [6.07, 6.45) is 11.6. The molecular formula is C27H40N4O2. The van der Waals surface area contributed by atoms with E-state index < -0.39 is 11.5 Å². The largest absolute Gasteiger partial charge is 0.339 e. The summed E-state index contributed by atoms with van der Waals surface area (Å²) in [5.41, 5.74) is 1.84. The highest BCUT2D eigenvalue weighted by molar-refractivity contribution is 6.30.